The summed E-state index contributed by atoms with van der Waals surface area (Å²) in [5, 5.41) is 0. The SMILES string of the molecule is CC(=O)C1[C@@H](c2ccccc2)C(C(=O)O[C@@H](C)c2ccccc2)[C@@H]1c1ccccc1. The average molecular weight is 399 g/mol. The van der Waals surface area contributed by atoms with E-state index in [-0.39, 0.29) is 35.6 Å². The van der Waals surface area contributed by atoms with Crippen LogP contribution in [0.25, 0.3) is 0 Å². The van der Waals surface area contributed by atoms with Crippen LogP contribution in [0.2, 0.25) is 0 Å². The van der Waals surface area contributed by atoms with Crippen molar-refractivity contribution in [1.82, 2.24) is 0 Å². The topological polar surface area (TPSA) is 43.4 Å². The molecule has 0 radical (unpaired) electrons. The molecule has 0 saturated heterocycles. The van der Waals surface area contributed by atoms with E-state index in [0.717, 1.165) is 16.7 Å². The highest BCUT2D eigenvalue weighted by molar-refractivity contribution is 5.88. The van der Waals surface area contributed by atoms with Gasteiger partial charge in [-0.15, -0.1) is 0 Å². The zero-order chi connectivity index (χ0) is 21.1. The van der Waals surface area contributed by atoms with E-state index >= 15 is 0 Å². The Kier molecular flexibility index (Phi) is 5.80. The highest BCUT2D eigenvalue weighted by Gasteiger charge is 2.57. The normalized spacial score (nSPS) is 23.8. The number of Topliss-reactive ketones (excluding diaryl/α,β-unsaturated/α-hetero) is 1. The van der Waals surface area contributed by atoms with Crippen LogP contribution in [0.1, 0.15) is 48.5 Å². The molecular weight excluding hydrogens is 372 g/mol. The number of esters is 1. The van der Waals surface area contributed by atoms with Crippen LogP contribution in [-0.4, -0.2) is 11.8 Å². The monoisotopic (exact) mass is 398 g/mol. The Morgan fingerprint density at radius 3 is 1.57 bits per heavy atom. The molecular formula is C27H26O3. The maximum absolute atomic E-state index is 13.4. The standard InChI is InChI=1S/C27H26O3/c1-18(28)23-24(21-14-8-4-9-15-21)26(25(23)22-16-10-5-11-17-22)27(29)30-19(2)20-12-6-3-7-13-20/h3-17,19,23-26H,1-2H3/t19-,23?,24+,25+,26?/m0/s1. The lowest BCUT2D eigenvalue weighted by atomic mass is 9.51. The second-order valence-electron chi connectivity index (χ2n) is 8.02. The molecule has 3 nitrogen and oxygen atoms in total. The summed E-state index contributed by atoms with van der Waals surface area (Å²) in [6.45, 7) is 3.52. The van der Waals surface area contributed by atoms with E-state index in [1.165, 1.54) is 0 Å². The first kappa shape index (κ1) is 20.1. The van der Waals surface area contributed by atoms with Crippen molar-refractivity contribution in [3.05, 3.63) is 108 Å². The zero-order valence-corrected chi connectivity index (χ0v) is 17.3. The highest BCUT2D eigenvalue weighted by atomic mass is 16.5. The molecule has 3 atom stereocenters. The summed E-state index contributed by atoms with van der Waals surface area (Å²) in [6.07, 6.45) is -0.345. The van der Waals surface area contributed by atoms with Crippen molar-refractivity contribution in [3.8, 4) is 0 Å². The van der Waals surface area contributed by atoms with Gasteiger partial charge in [-0.25, -0.2) is 0 Å². The molecule has 1 aliphatic rings. The Labute approximate surface area is 177 Å². The smallest absolute Gasteiger partial charge is 0.310 e. The molecule has 4 rings (SSSR count). The minimum absolute atomic E-state index is 0.109. The summed E-state index contributed by atoms with van der Waals surface area (Å²) >= 11 is 0. The van der Waals surface area contributed by atoms with Gasteiger partial charge in [-0.05, 0) is 30.5 Å². The first-order valence-electron chi connectivity index (χ1n) is 10.4. The predicted octanol–water partition coefficient (Wildman–Crippen LogP) is 5.69. The van der Waals surface area contributed by atoms with Gasteiger partial charge >= 0.3 is 5.97 Å². The molecule has 0 aliphatic heterocycles. The van der Waals surface area contributed by atoms with Crippen molar-refractivity contribution in [2.24, 2.45) is 11.8 Å². The summed E-state index contributed by atoms with van der Waals surface area (Å²) in [6, 6.07) is 29.5. The maximum Gasteiger partial charge on any atom is 0.310 e. The fourth-order valence-corrected chi connectivity index (χ4v) is 4.77. The van der Waals surface area contributed by atoms with Crippen LogP contribution in [0.4, 0.5) is 0 Å². The molecule has 0 unspecified atom stereocenters. The molecule has 3 aromatic rings. The van der Waals surface area contributed by atoms with E-state index in [4.69, 9.17) is 4.74 Å². The molecule has 3 aromatic carbocycles. The second kappa shape index (κ2) is 8.66. The molecule has 152 valence electrons. The molecule has 30 heavy (non-hydrogen) atoms. The minimum atomic E-state index is -0.394. The lowest BCUT2D eigenvalue weighted by molar-refractivity contribution is -0.163. The number of rotatable bonds is 6. The van der Waals surface area contributed by atoms with Gasteiger partial charge in [0, 0.05) is 17.8 Å². The minimum Gasteiger partial charge on any atom is -0.458 e. The lowest BCUT2D eigenvalue weighted by Crippen LogP contribution is -2.51. The Hall–Kier alpha value is -3.20. The van der Waals surface area contributed by atoms with Crippen molar-refractivity contribution in [2.45, 2.75) is 31.8 Å². The van der Waals surface area contributed by atoms with Gasteiger partial charge in [0.05, 0.1) is 5.92 Å². The second-order valence-corrected chi connectivity index (χ2v) is 8.02. The van der Waals surface area contributed by atoms with E-state index in [0.29, 0.717) is 0 Å². The van der Waals surface area contributed by atoms with Crippen molar-refractivity contribution in [3.63, 3.8) is 0 Å². The van der Waals surface area contributed by atoms with Crippen molar-refractivity contribution in [1.29, 1.82) is 0 Å². The van der Waals surface area contributed by atoms with Gasteiger partial charge in [0.2, 0.25) is 0 Å². The van der Waals surface area contributed by atoms with E-state index in [2.05, 4.69) is 0 Å². The summed E-state index contributed by atoms with van der Waals surface area (Å²) in [5.74, 6) is -1.12. The largest absolute Gasteiger partial charge is 0.458 e. The molecule has 0 amide bonds. The molecule has 0 spiro atoms. The van der Waals surface area contributed by atoms with Gasteiger partial charge in [-0.2, -0.15) is 0 Å². The molecule has 1 saturated carbocycles. The number of carbonyl (C=O) groups excluding carboxylic acids is 2. The molecule has 0 aromatic heterocycles. The van der Waals surface area contributed by atoms with E-state index in [1.54, 1.807) is 6.92 Å². The van der Waals surface area contributed by atoms with Crippen LogP contribution in [0, 0.1) is 11.8 Å². The van der Waals surface area contributed by atoms with Gasteiger partial charge in [-0.3, -0.25) is 9.59 Å². The van der Waals surface area contributed by atoms with Crippen LogP contribution in [0.15, 0.2) is 91.0 Å². The third kappa shape index (κ3) is 3.80. The summed E-state index contributed by atoms with van der Waals surface area (Å²) in [4.78, 5) is 26.1. The average Bonchev–Trinajstić information content (AvgIpc) is 2.75. The molecule has 0 N–H and O–H groups in total. The maximum atomic E-state index is 13.4. The Bertz CT molecular complexity index is 951. The lowest BCUT2D eigenvalue weighted by Gasteiger charge is -2.50. The first-order valence-corrected chi connectivity index (χ1v) is 10.4. The first-order chi connectivity index (χ1) is 14.6. The third-order valence-electron chi connectivity index (χ3n) is 6.22. The summed E-state index contributed by atoms with van der Waals surface area (Å²) in [7, 11) is 0. The molecule has 3 heteroatoms. The Balaban J connectivity index is 1.68. The Morgan fingerprint density at radius 2 is 1.13 bits per heavy atom. The number of ketones is 1. The van der Waals surface area contributed by atoms with Crippen LogP contribution in [0.5, 0.6) is 0 Å². The number of benzene rings is 3. The molecule has 1 fully saturated rings. The summed E-state index contributed by atoms with van der Waals surface area (Å²) in [5.41, 5.74) is 2.99. The number of carbonyl (C=O) groups is 2. The van der Waals surface area contributed by atoms with Gasteiger partial charge in [-0.1, -0.05) is 91.0 Å². The van der Waals surface area contributed by atoms with Crippen LogP contribution in [0.3, 0.4) is 0 Å². The quantitative estimate of drug-likeness (QED) is 0.501. The molecule has 1 aliphatic carbocycles. The number of hydrogen-bond donors (Lipinski definition) is 0. The van der Waals surface area contributed by atoms with Gasteiger partial charge in [0.25, 0.3) is 0 Å². The van der Waals surface area contributed by atoms with Crippen molar-refractivity contribution in [2.75, 3.05) is 0 Å². The van der Waals surface area contributed by atoms with E-state index < -0.39 is 5.92 Å². The fourth-order valence-electron chi connectivity index (χ4n) is 4.77. The van der Waals surface area contributed by atoms with Crippen molar-refractivity contribution >= 4 is 11.8 Å². The van der Waals surface area contributed by atoms with Gasteiger partial charge < -0.3 is 4.74 Å². The van der Waals surface area contributed by atoms with Gasteiger partial charge in [0.15, 0.2) is 0 Å². The number of hydrogen-bond acceptors (Lipinski definition) is 3. The van der Waals surface area contributed by atoms with E-state index in [1.807, 2.05) is 97.9 Å². The van der Waals surface area contributed by atoms with Crippen LogP contribution < -0.4 is 0 Å². The molecule has 0 bridgehead atoms. The number of ether oxygens (including phenoxy) is 1. The van der Waals surface area contributed by atoms with E-state index in [9.17, 15) is 9.59 Å². The fraction of sp³-hybridized carbons (Fsp3) is 0.259. The highest BCUT2D eigenvalue weighted by Crippen LogP contribution is 2.58. The summed E-state index contributed by atoms with van der Waals surface area (Å²) < 4.78 is 5.92. The van der Waals surface area contributed by atoms with Crippen LogP contribution in [-0.2, 0) is 14.3 Å². The van der Waals surface area contributed by atoms with Gasteiger partial charge in [0.1, 0.15) is 11.9 Å². The predicted molar refractivity (Wildman–Crippen MR) is 117 cm³/mol. The van der Waals surface area contributed by atoms with Crippen LogP contribution >= 0.6 is 0 Å². The van der Waals surface area contributed by atoms with Crippen molar-refractivity contribution < 1.29 is 14.3 Å². The molecule has 0 heterocycles. The Morgan fingerprint density at radius 1 is 0.700 bits per heavy atom. The third-order valence-corrected chi connectivity index (χ3v) is 6.22. The zero-order valence-electron chi connectivity index (χ0n) is 17.3.